The SMILES string of the molecule is OC(CCS)C(O)c1ccc(OCc2ccccc2)cc1. The van der Waals surface area contributed by atoms with Gasteiger partial charge in [0.25, 0.3) is 0 Å². The summed E-state index contributed by atoms with van der Waals surface area (Å²) in [6, 6.07) is 17.1. The molecule has 0 saturated heterocycles. The van der Waals surface area contributed by atoms with Crippen molar-refractivity contribution in [2.45, 2.75) is 25.2 Å². The summed E-state index contributed by atoms with van der Waals surface area (Å²) in [6.07, 6.45) is -1.23. The van der Waals surface area contributed by atoms with Gasteiger partial charge in [-0.2, -0.15) is 12.6 Å². The van der Waals surface area contributed by atoms with Gasteiger partial charge in [0.15, 0.2) is 0 Å². The van der Waals surface area contributed by atoms with Crippen LogP contribution in [0.25, 0.3) is 0 Å². The summed E-state index contributed by atoms with van der Waals surface area (Å²) in [5.41, 5.74) is 1.78. The molecule has 0 aromatic heterocycles. The van der Waals surface area contributed by atoms with Crippen LogP contribution >= 0.6 is 12.6 Å². The van der Waals surface area contributed by atoms with Crippen molar-refractivity contribution in [2.24, 2.45) is 0 Å². The van der Waals surface area contributed by atoms with Crippen LogP contribution in [-0.2, 0) is 6.61 Å². The van der Waals surface area contributed by atoms with Gasteiger partial charge in [-0.25, -0.2) is 0 Å². The third kappa shape index (κ3) is 4.77. The number of rotatable bonds is 7. The second kappa shape index (κ2) is 8.08. The lowest BCUT2D eigenvalue weighted by Crippen LogP contribution is -2.18. The zero-order valence-corrected chi connectivity index (χ0v) is 12.6. The van der Waals surface area contributed by atoms with Crippen LogP contribution in [-0.4, -0.2) is 22.1 Å². The first kappa shape index (κ1) is 15.9. The van der Waals surface area contributed by atoms with Crippen molar-refractivity contribution >= 4 is 12.6 Å². The number of hydrogen-bond donors (Lipinski definition) is 3. The zero-order chi connectivity index (χ0) is 15.1. The van der Waals surface area contributed by atoms with Gasteiger partial charge in [-0.05, 0) is 35.4 Å². The molecule has 3 nitrogen and oxygen atoms in total. The Labute approximate surface area is 130 Å². The Kier molecular flexibility index (Phi) is 6.11. The molecule has 2 rings (SSSR count). The smallest absolute Gasteiger partial charge is 0.119 e. The topological polar surface area (TPSA) is 49.7 Å². The fraction of sp³-hybridized carbons (Fsp3) is 0.294. The monoisotopic (exact) mass is 304 g/mol. The highest BCUT2D eigenvalue weighted by atomic mass is 32.1. The molecule has 2 atom stereocenters. The van der Waals surface area contributed by atoms with Crippen LogP contribution in [0.4, 0.5) is 0 Å². The number of aliphatic hydroxyl groups excluding tert-OH is 2. The van der Waals surface area contributed by atoms with Gasteiger partial charge < -0.3 is 14.9 Å². The first-order chi connectivity index (χ1) is 10.2. The molecule has 2 aromatic carbocycles. The summed E-state index contributed by atoms with van der Waals surface area (Å²) >= 11 is 4.05. The van der Waals surface area contributed by atoms with E-state index >= 15 is 0 Å². The molecule has 0 heterocycles. The number of hydrogen-bond acceptors (Lipinski definition) is 4. The van der Waals surface area contributed by atoms with Crippen molar-refractivity contribution < 1.29 is 14.9 Å². The van der Waals surface area contributed by atoms with Gasteiger partial charge in [0.05, 0.1) is 6.10 Å². The lowest BCUT2D eigenvalue weighted by atomic mass is 10.0. The quantitative estimate of drug-likeness (QED) is 0.689. The van der Waals surface area contributed by atoms with Gasteiger partial charge in [-0.1, -0.05) is 42.5 Å². The van der Waals surface area contributed by atoms with Gasteiger partial charge in [-0.15, -0.1) is 0 Å². The van der Waals surface area contributed by atoms with Crippen molar-refractivity contribution in [1.29, 1.82) is 0 Å². The summed E-state index contributed by atoms with van der Waals surface area (Å²) in [7, 11) is 0. The number of ether oxygens (including phenoxy) is 1. The van der Waals surface area contributed by atoms with Crippen molar-refractivity contribution in [1.82, 2.24) is 0 Å². The van der Waals surface area contributed by atoms with Crippen molar-refractivity contribution in [3.8, 4) is 5.75 Å². The molecule has 0 saturated carbocycles. The highest BCUT2D eigenvalue weighted by Crippen LogP contribution is 2.22. The van der Waals surface area contributed by atoms with Crippen molar-refractivity contribution in [3.05, 3.63) is 65.7 Å². The molecule has 0 aliphatic carbocycles. The maximum absolute atomic E-state index is 9.99. The van der Waals surface area contributed by atoms with Crippen LogP contribution in [0.1, 0.15) is 23.7 Å². The molecule has 0 aliphatic heterocycles. The molecule has 2 N–H and O–H groups in total. The summed E-state index contributed by atoms with van der Waals surface area (Å²) < 4.78 is 5.68. The third-order valence-corrected chi connectivity index (χ3v) is 3.52. The minimum atomic E-state index is -0.889. The van der Waals surface area contributed by atoms with Crippen LogP contribution in [0, 0.1) is 0 Å². The number of thiol groups is 1. The molecule has 2 unspecified atom stereocenters. The molecular formula is C17H20O3S. The standard InChI is InChI=1S/C17H20O3S/c18-16(10-11-21)17(19)14-6-8-15(9-7-14)20-12-13-4-2-1-3-5-13/h1-9,16-19,21H,10-12H2. The maximum Gasteiger partial charge on any atom is 0.119 e. The van der Waals surface area contributed by atoms with E-state index in [4.69, 9.17) is 4.74 Å². The number of benzene rings is 2. The van der Waals surface area contributed by atoms with E-state index < -0.39 is 12.2 Å². The molecule has 0 amide bonds. The van der Waals surface area contributed by atoms with Gasteiger partial charge in [0.1, 0.15) is 18.5 Å². The average molecular weight is 304 g/mol. The van der Waals surface area contributed by atoms with Crippen molar-refractivity contribution in [3.63, 3.8) is 0 Å². The van der Waals surface area contributed by atoms with Crippen LogP contribution in [0.2, 0.25) is 0 Å². The predicted octanol–water partition coefficient (Wildman–Crippen LogP) is 2.98. The minimum absolute atomic E-state index is 0.455. The second-order valence-electron chi connectivity index (χ2n) is 4.87. The van der Waals surface area contributed by atoms with Crippen LogP contribution in [0.3, 0.4) is 0 Å². The van der Waals surface area contributed by atoms with E-state index in [0.717, 1.165) is 11.3 Å². The first-order valence-electron chi connectivity index (χ1n) is 6.94. The molecule has 0 aliphatic rings. The Morgan fingerprint density at radius 2 is 1.62 bits per heavy atom. The van der Waals surface area contributed by atoms with E-state index in [9.17, 15) is 10.2 Å². The van der Waals surface area contributed by atoms with Gasteiger partial charge >= 0.3 is 0 Å². The van der Waals surface area contributed by atoms with Crippen molar-refractivity contribution in [2.75, 3.05) is 5.75 Å². The van der Waals surface area contributed by atoms with Crippen LogP contribution in [0.15, 0.2) is 54.6 Å². The van der Waals surface area contributed by atoms with Gasteiger partial charge in [-0.3, -0.25) is 0 Å². The Balaban J connectivity index is 1.92. The minimum Gasteiger partial charge on any atom is -0.489 e. The summed E-state index contributed by atoms with van der Waals surface area (Å²) in [4.78, 5) is 0. The molecule has 21 heavy (non-hydrogen) atoms. The molecule has 0 bridgehead atoms. The molecule has 4 heteroatoms. The molecule has 0 spiro atoms. The normalized spacial score (nSPS) is 13.7. The Morgan fingerprint density at radius 3 is 2.24 bits per heavy atom. The predicted molar refractivity (Wildman–Crippen MR) is 86.7 cm³/mol. The van der Waals surface area contributed by atoms with Crippen LogP contribution in [0.5, 0.6) is 5.75 Å². The molecular weight excluding hydrogens is 284 g/mol. The van der Waals surface area contributed by atoms with E-state index in [1.54, 1.807) is 24.3 Å². The molecule has 2 aromatic rings. The number of aliphatic hydroxyl groups is 2. The highest BCUT2D eigenvalue weighted by Gasteiger charge is 2.17. The van der Waals surface area contributed by atoms with Gasteiger partial charge in [0, 0.05) is 0 Å². The largest absolute Gasteiger partial charge is 0.489 e. The lowest BCUT2D eigenvalue weighted by Gasteiger charge is -2.17. The first-order valence-corrected chi connectivity index (χ1v) is 7.57. The van der Waals surface area contributed by atoms with E-state index in [1.165, 1.54) is 0 Å². The lowest BCUT2D eigenvalue weighted by molar-refractivity contribution is 0.0172. The Morgan fingerprint density at radius 1 is 0.952 bits per heavy atom. The fourth-order valence-electron chi connectivity index (χ4n) is 2.01. The second-order valence-corrected chi connectivity index (χ2v) is 5.31. The average Bonchev–Trinajstić information content (AvgIpc) is 2.54. The van der Waals surface area contributed by atoms with E-state index in [2.05, 4.69) is 12.6 Å². The van der Waals surface area contributed by atoms with Crippen LogP contribution < -0.4 is 4.74 Å². The summed E-state index contributed by atoms with van der Waals surface area (Å²) in [6.45, 7) is 0.505. The van der Waals surface area contributed by atoms with E-state index in [-0.39, 0.29) is 0 Å². The van der Waals surface area contributed by atoms with E-state index in [0.29, 0.717) is 24.3 Å². The zero-order valence-electron chi connectivity index (χ0n) is 11.7. The summed E-state index contributed by atoms with van der Waals surface area (Å²) in [5.74, 6) is 1.27. The maximum atomic E-state index is 9.99. The molecule has 0 radical (unpaired) electrons. The Hall–Kier alpha value is -1.49. The van der Waals surface area contributed by atoms with E-state index in [1.807, 2.05) is 30.3 Å². The molecule has 112 valence electrons. The summed E-state index contributed by atoms with van der Waals surface area (Å²) in [5, 5.41) is 19.8. The Bertz CT molecular complexity index is 527. The van der Waals surface area contributed by atoms with Gasteiger partial charge in [0.2, 0.25) is 0 Å². The third-order valence-electron chi connectivity index (χ3n) is 3.26. The fourth-order valence-corrected chi connectivity index (χ4v) is 2.28. The molecule has 0 fully saturated rings. The highest BCUT2D eigenvalue weighted by molar-refractivity contribution is 7.80.